The number of fused-ring (bicyclic) bond motifs is 6. The minimum absolute atomic E-state index is 0.0405. The maximum Gasteiger partial charge on any atom is 0.196 e. The second-order valence-corrected chi connectivity index (χ2v) is 16.2. The Morgan fingerprint density at radius 1 is 0.537 bits per heavy atom. The van der Waals surface area contributed by atoms with E-state index < -0.39 is 0 Å². The fraction of sp³-hybridized carbons (Fsp3) is 0.180. The van der Waals surface area contributed by atoms with E-state index in [0.717, 1.165) is 33.5 Å². The van der Waals surface area contributed by atoms with Crippen LogP contribution in [0.1, 0.15) is 85.9 Å². The van der Waals surface area contributed by atoms with E-state index in [2.05, 4.69) is 114 Å². The number of nitrogens with zero attached hydrogens (tertiary/aromatic N) is 1. The number of aromatic nitrogens is 1. The topological polar surface area (TPSA) is 73.1 Å². The van der Waals surface area contributed by atoms with E-state index in [0.29, 0.717) is 11.3 Å². The van der Waals surface area contributed by atoms with Crippen LogP contribution in [0.25, 0.3) is 55.5 Å². The third kappa shape index (κ3) is 6.88. The molecule has 7 aromatic rings. The van der Waals surface area contributed by atoms with Crippen LogP contribution in [0.2, 0.25) is 0 Å². The normalized spacial score (nSPS) is 12.2. The molecule has 4 nitrogen and oxygen atoms in total. The number of rotatable bonds is 2. The molecule has 2 N–H and O–H groups in total. The zero-order valence-corrected chi connectivity index (χ0v) is 32.1. The highest BCUT2D eigenvalue weighted by Gasteiger charge is 2.28. The Balaban J connectivity index is 0.000000137. The number of benzene rings is 6. The SMILES string of the molecule is CC(=O)c1ccc(C(C)(C)C)cc1.CC(C)(C)c1ccc(-c2cc3c4c(cccc4n2)-c2ccccc2-3)cc1.Nc1cccc2c1C(=O)c1ccccc1-2. The van der Waals surface area contributed by atoms with Crippen LogP contribution in [-0.4, -0.2) is 16.6 Å². The van der Waals surface area contributed by atoms with Crippen LogP contribution in [0, 0.1) is 0 Å². The summed E-state index contributed by atoms with van der Waals surface area (Å²) in [5.41, 5.74) is 22.0. The molecule has 4 heteroatoms. The Labute approximate surface area is 318 Å². The van der Waals surface area contributed by atoms with Crippen molar-refractivity contribution in [3.05, 3.63) is 167 Å². The van der Waals surface area contributed by atoms with Gasteiger partial charge in [-0.2, -0.15) is 0 Å². The molecule has 1 aromatic heterocycles. The predicted octanol–water partition coefficient (Wildman–Crippen LogP) is 12.5. The zero-order valence-electron chi connectivity index (χ0n) is 32.1. The van der Waals surface area contributed by atoms with Gasteiger partial charge in [-0.15, -0.1) is 0 Å². The van der Waals surface area contributed by atoms with Gasteiger partial charge in [0.2, 0.25) is 0 Å². The number of hydrogen-bond donors (Lipinski definition) is 1. The molecule has 54 heavy (non-hydrogen) atoms. The lowest BCUT2D eigenvalue weighted by molar-refractivity contribution is 0.101. The molecule has 2 aliphatic rings. The van der Waals surface area contributed by atoms with Crippen molar-refractivity contribution < 1.29 is 9.59 Å². The summed E-state index contributed by atoms with van der Waals surface area (Å²) in [5, 5.41) is 1.28. The minimum Gasteiger partial charge on any atom is -0.398 e. The number of ketones is 2. The number of Topliss-reactive ketones (excluding diaryl/α,β-unsaturated/α-hetero) is 1. The van der Waals surface area contributed by atoms with E-state index >= 15 is 0 Å². The maximum absolute atomic E-state index is 12.0. The van der Waals surface area contributed by atoms with Gasteiger partial charge in [0.05, 0.1) is 16.8 Å². The largest absolute Gasteiger partial charge is 0.398 e. The van der Waals surface area contributed by atoms with Gasteiger partial charge in [0.25, 0.3) is 0 Å². The number of nitrogen functional groups attached to an aromatic ring is 1. The molecular formula is C50H46N2O2. The van der Waals surface area contributed by atoms with Gasteiger partial charge < -0.3 is 5.73 Å². The van der Waals surface area contributed by atoms with Crippen molar-refractivity contribution in [3.63, 3.8) is 0 Å². The molecule has 0 aliphatic heterocycles. The Morgan fingerprint density at radius 3 is 1.59 bits per heavy atom. The Morgan fingerprint density at radius 2 is 1.02 bits per heavy atom. The molecule has 268 valence electrons. The Bertz CT molecular complexity index is 2550. The molecule has 0 atom stereocenters. The number of anilines is 1. The van der Waals surface area contributed by atoms with Gasteiger partial charge in [0, 0.05) is 27.8 Å². The molecular weight excluding hydrogens is 661 g/mol. The number of nitrogens with two attached hydrogens (primary N) is 1. The second-order valence-electron chi connectivity index (χ2n) is 16.2. The van der Waals surface area contributed by atoms with Crippen molar-refractivity contribution in [2.75, 3.05) is 5.73 Å². The number of pyridine rings is 1. The first-order chi connectivity index (χ1) is 25.7. The van der Waals surface area contributed by atoms with E-state index in [1.807, 2.05) is 60.7 Å². The summed E-state index contributed by atoms with van der Waals surface area (Å²) < 4.78 is 0. The van der Waals surface area contributed by atoms with Crippen LogP contribution in [0.5, 0.6) is 0 Å². The third-order valence-electron chi connectivity index (χ3n) is 10.3. The smallest absolute Gasteiger partial charge is 0.196 e. The van der Waals surface area contributed by atoms with Crippen molar-refractivity contribution in [3.8, 4) is 44.6 Å². The molecule has 0 bridgehead atoms. The van der Waals surface area contributed by atoms with Gasteiger partial charge in [0.1, 0.15) is 0 Å². The summed E-state index contributed by atoms with van der Waals surface area (Å²) in [6.07, 6.45) is 0. The van der Waals surface area contributed by atoms with Crippen LogP contribution in [0.4, 0.5) is 5.69 Å². The van der Waals surface area contributed by atoms with Gasteiger partial charge in [-0.1, -0.05) is 163 Å². The highest BCUT2D eigenvalue weighted by Crippen LogP contribution is 2.47. The van der Waals surface area contributed by atoms with Crippen LogP contribution in [-0.2, 0) is 10.8 Å². The summed E-state index contributed by atoms with van der Waals surface area (Å²) in [7, 11) is 0. The summed E-state index contributed by atoms with van der Waals surface area (Å²) in [6.45, 7) is 14.8. The molecule has 0 amide bonds. The van der Waals surface area contributed by atoms with Crippen LogP contribution < -0.4 is 5.73 Å². The summed E-state index contributed by atoms with van der Waals surface area (Å²) in [6, 6.07) is 47.2. The predicted molar refractivity (Wildman–Crippen MR) is 225 cm³/mol. The molecule has 0 radical (unpaired) electrons. The lowest BCUT2D eigenvalue weighted by Gasteiger charge is -2.19. The summed E-state index contributed by atoms with van der Waals surface area (Å²) in [4.78, 5) is 28.0. The van der Waals surface area contributed by atoms with Crippen LogP contribution in [0.15, 0.2) is 140 Å². The van der Waals surface area contributed by atoms with Gasteiger partial charge in [-0.25, -0.2) is 4.98 Å². The lowest BCUT2D eigenvalue weighted by Crippen LogP contribution is -2.10. The molecule has 0 spiro atoms. The van der Waals surface area contributed by atoms with Gasteiger partial charge >= 0.3 is 0 Å². The third-order valence-corrected chi connectivity index (χ3v) is 10.3. The molecule has 0 unspecified atom stereocenters. The van der Waals surface area contributed by atoms with Crippen molar-refractivity contribution in [1.29, 1.82) is 0 Å². The van der Waals surface area contributed by atoms with Crippen LogP contribution in [0.3, 0.4) is 0 Å². The molecule has 0 saturated carbocycles. The van der Waals surface area contributed by atoms with Crippen LogP contribution >= 0.6 is 0 Å². The summed E-state index contributed by atoms with van der Waals surface area (Å²) in [5.74, 6) is 0.166. The number of hydrogen-bond acceptors (Lipinski definition) is 4. The average Bonchev–Trinajstić information content (AvgIpc) is 3.65. The highest BCUT2D eigenvalue weighted by atomic mass is 16.1. The van der Waals surface area contributed by atoms with Gasteiger partial charge in [-0.05, 0) is 80.5 Å². The average molecular weight is 707 g/mol. The zero-order chi connectivity index (χ0) is 38.4. The fourth-order valence-electron chi connectivity index (χ4n) is 7.27. The monoisotopic (exact) mass is 706 g/mol. The second kappa shape index (κ2) is 14.0. The Kier molecular flexibility index (Phi) is 9.41. The van der Waals surface area contributed by atoms with E-state index in [1.165, 1.54) is 44.3 Å². The molecule has 2 aliphatic carbocycles. The van der Waals surface area contributed by atoms with Gasteiger partial charge in [-0.3, -0.25) is 9.59 Å². The van der Waals surface area contributed by atoms with Crippen molar-refractivity contribution in [2.24, 2.45) is 0 Å². The van der Waals surface area contributed by atoms with Crippen molar-refractivity contribution >= 4 is 28.2 Å². The lowest BCUT2D eigenvalue weighted by atomic mass is 9.86. The standard InChI is InChI=1S/C25H21N.C13H9NO.C12H16O/c1-25(2,3)17-13-11-16(12-14-17)23-15-21-19-8-5-4-7-18(19)20-9-6-10-22(26-23)24(20)21;14-11-7-3-6-9-8-4-1-2-5-10(8)13(15)12(9)11;1-9(13)10-5-7-11(8-6-10)12(2,3)4/h4-15H,1-3H3;1-7H,14H2;5-8H,1-4H3. The first kappa shape index (κ1) is 36.2. The molecule has 9 rings (SSSR count). The van der Waals surface area contributed by atoms with E-state index in [1.54, 1.807) is 13.0 Å². The van der Waals surface area contributed by atoms with E-state index in [-0.39, 0.29) is 22.4 Å². The number of carbonyl (C=O) groups is 2. The minimum atomic E-state index is 0.0405. The maximum atomic E-state index is 12.0. The number of carbonyl (C=O) groups excluding carboxylic acids is 2. The highest BCUT2D eigenvalue weighted by molar-refractivity contribution is 6.24. The van der Waals surface area contributed by atoms with E-state index in [9.17, 15) is 9.59 Å². The molecule has 6 aromatic carbocycles. The fourth-order valence-corrected chi connectivity index (χ4v) is 7.27. The summed E-state index contributed by atoms with van der Waals surface area (Å²) >= 11 is 0. The van der Waals surface area contributed by atoms with Gasteiger partial charge in [0.15, 0.2) is 11.6 Å². The quantitative estimate of drug-likeness (QED) is 0.143. The Hall–Kier alpha value is -6.13. The molecule has 0 saturated heterocycles. The first-order valence-corrected chi connectivity index (χ1v) is 18.5. The molecule has 0 fully saturated rings. The first-order valence-electron chi connectivity index (χ1n) is 18.5. The van der Waals surface area contributed by atoms with E-state index in [4.69, 9.17) is 10.7 Å². The van der Waals surface area contributed by atoms with Crippen molar-refractivity contribution in [2.45, 2.75) is 59.3 Å². The molecule has 1 heterocycles. The van der Waals surface area contributed by atoms with Crippen molar-refractivity contribution in [1.82, 2.24) is 4.98 Å².